The molecule has 0 radical (unpaired) electrons. The van der Waals surface area contributed by atoms with Gasteiger partial charge in [0, 0.05) is 18.3 Å². The van der Waals surface area contributed by atoms with E-state index in [4.69, 9.17) is 4.74 Å². The molecule has 0 spiro atoms. The number of esters is 1. The number of nitrogens with one attached hydrogen (secondary N) is 1. The summed E-state index contributed by atoms with van der Waals surface area (Å²) in [5.41, 5.74) is 4.78. The summed E-state index contributed by atoms with van der Waals surface area (Å²) < 4.78 is 5.14. The number of anilines is 1. The summed E-state index contributed by atoms with van der Waals surface area (Å²) in [6, 6.07) is 8.13. The van der Waals surface area contributed by atoms with Gasteiger partial charge in [-0.15, -0.1) is 0 Å². The fourth-order valence-electron chi connectivity index (χ4n) is 1.54. The van der Waals surface area contributed by atoms with Crippen molar-refractivity contribution in [1.82, 2.24) is 0 Å². The van der Waals surface area contributed by atoms with Crippen LogP contribution in [0.15, 0.2) is 42.0 Å². The number of carbonyl (C=O) groups excluding carboxylic acids is 1. The summed E-state index contributed by atoms with van der Waals surface area (Å²) in [5.74, 6) is -0.349. The quantitative estimate of drug-likeness (QED) is 0.648. The maximum Gasteiger partial charge on any atom is 0.333 e. The number of rotatable bonds is 5. The van der Waals surface area contributed by atoms with Gasteiger partial charge in [0.05, 0.1) is 0 Å². The molecule has 19 heavy (non-hydrogen) atoms. The molecular weight excluding hydrogens is 238 g/mol. The van der Waals surface area contributed by atoms with Gasteiger partial charge in [-0.1, -0.05) is 18.7 Å². The standard InChI is InChI=1S/C16H21NO2/c1-11(2)16(18)19-10-12(3)13(4)14-6-8-15(17-5)9-7-14/h6-9,17H,1,10H2,2-5H3/b13-12+. The monoisotopic (exact) mass is 259 g/mol. The Bertz CT molecular complexity index is 498. The van der Waals surface area contributed by atoms with E-state index in [-0.39, 0.29) is 5.97 Å². The second-order valence-corrected chi connectivity index (χ2v) is 4.59. The Balaban J connectivity index is 2.77. The predicted octanol–water partition coefficient (Wildman–Crippen LogP) is 3.64. The molecule has 1 aromatic carbocycles. The largest absolute Gasteiger partial charge is 0.458 e. The summed E-state index contributed by atoms with van der Waals surface area (Å²) in [6.45, 7) is 9.49. The lowest BCUT2D eigenvalue weighted by molar-refractivity contribution is -0.137. The smallest absolute Gasteiger partial charge is 0.333 e. The van der Waals surface area contributed by atoms with Crippen molar-refractivity contribution in [3.8, 4) is 0 Å². The van der Waals surface area contributed by atoms with Crippen LogP contribution in [-0.4, -0.2) is 19.6 Å². The third-order valence-corrected chi connectivity index (χ3v) is 3.01. The van der Waals surface area contributed by atoms with E-state index in [0.717, 1.165) is 22.4 Å². The average molecular weight is 259 g/mol. The minimum Gasteiger partial charge on any atom is -0.458 e. The van der Waals surface area contributed by atoms with Crippen LogP contribution in [0.3, 0.4) is 0 Å². The Hall–Kier alpha value is -2.03. The number of carbonyl (C=O) groups is 1. The highest BCUT2D eigenvalue weighted by Crippen LogP contribution is 2.20. The van der Waals surface area contributed by atoms with E-state index in [2.05, 4.69) is 11.9 Å². The third kappa shape index (κ3) is 4.28. The van der Waals surface area contributed by atoms with E-state index in [1.165, 1.54) is 0 Å². The summed E-state index contributed by atoms with van der Waals surface area (Å²) in [6.07, 6.45) is 0. The molecule has 102 valence electrons. The molecule has 0 atom stereocenters. The highest BCUT2D eigenvalue weighted by molar-refractivity contribution is 5.87. The molecular formula is C16H21NO2. The minimum atomic E-state index is -0.349. The molecule has 0 bridgehead atoms. The van der Waals surface area contributed by atoms with Gasteiger partial charge in [0.2, 0.25) is 0 Å². The van der Waals surface area contributed by atoms with Crippen molar-refractivity contribution in [2.75, 3.05) is 19.0 Å². The second kappa shape index (κ2) is 6.78. The Morgan fingerprint density at radius 1 is 1.21 bits per heavy atom. The Morgan fingerprint density at radius 2 is 1.79 bits per heavy atom. The highest BCUT2D eigenvalue weighted by atomic mass is 16.5. The zero-order valence-electron chi connectivity index (χ0n) is 12.0. The minimum absolute atomic E-state index is 0.297. The van der Waals surface area contributed by atoms with E-state index in [1.54, 1.807) is 6.92 Å². The predicted molar refractivity (Wildman–Crippen MR) is 80.0 cm³/mol. The van der Waals surface area contributed by atoms with Crippen molar-refractivity contribution < 1.29 is 9.53 Å². The highest BCUT2D eigenvalue weighted by Gasteiger charge is 2.06. The fraction of sp³-hybridized carbons (Fsp3) is 0.312. The van der Waals surface area contributed by atoms with Crippen molar-refractivity contribution in [3.05, 3.63) is 47.6 Å². The molecule has 3 nitrogen and oxygen atoms in total. The van der Waals surface area contributed by atoms with Gasteiger partial charge in [-0.05, 0) is 49.6 Å². The van der Waals surface area contributed by atoms with Crippen molar-refractivity contribution in [2.45, 2.75) is 20.8 Å². The molecule has 1 aromatic rings. The lowest BCUT2D eigenvalue weighted by Gasteiger charge is -2.10. The first-order valence-electron chi connectivity index (χ1n) is 6.23. The van der Waals surface area contributed by atoms with E-state index in [0.29, 0.717) is 12.2 Å². The average Bonchev–Trinajstić information content (AvgIpc) is 2.43. The molecule has 0 heterocycles. The first-order valence-corrected chi connectivity index (χ1v) is 6.23. The van der Waals surface area contributed by atoms with E-state index in [9.17, 15) is 4.79 Å². The van der Waals surface area contributed by atoms with Crippen LogP contribution in [0, 0.1) is 0 Å². The molecule has 0 aliphatic carbocycles. The molecule has 0 aliphatic heterocycles. The van der Waals surface area contributed by atoms with Gasteiger partial charge < -0.3 is 10.1 Å². The number of ether oxygens (including phenoxy) is 1. The number of hydrogen-bond donors (Lipinski definition) is 1. The zero-order valence-corrected chi connectivity index (χ0v) is 12.0. The van der Waals surface area contributed by atoms with E-state index >= 15 is 0 Å². The van der Waals surface area contributed by atoms with Crippen LogP contribution < -0.4 is 5.32 Å². The van der Waals surface area contributed by atoms with Crippen LogP contribution in [0.25, 0.3) is 5.57 Å². The summed E-state index contributed by atoms with van der Waals surface area (Å²) in [7, 11) is 1.89. The van der Waals surface area contributed by atoms with Crippen LogP contribution in [-0.2, 0) is 9.53 Å². The Labute approximate surface area is 115 Å². The van der Waals surface area contributed by atoms with Crippen molar-refractivity contribution >= 4 is 17.2 Å². The van der Waals surface area contributed by atoms with Crippen LogP contribution in [0.1, 0.15) is 26.3 Å². The van der Waals surface area contributed by atoms with Gasteiger partial charge in [-0.2, -0.15) is 0 Å². The van der Waals surface area contributed by atoms with Gasteiger partial charge >= 0.3 is 5.97 Å². The SMILES string of the molecule is C=C(C)C(=O)OC/C(C)=C(\C)c1ccc(NC)cc1. The van der Waals surface area contributed by atoms with Crippen LogP contribution in [0.5, 0.6) is 0 Å². The maximum atomic E-state index is 11.3. The lowest BCUT2D eigenvalue weighted by Crippen LogP contribution is -2.07. The molecule has 0 aliphatic rings. The summed E-state index contributed by atoms with van der Waals surface area (Å²) in [5, 5.41) is 3.08. The van der Waals surface area contributed by atoms with Crippen LogP contribution in [0.2, 0.25) is 0 Å². The molecule has 1 N–H and O–H groups in total. The van der Waals surface area contributed by atoms with E-state index in [1.807, 2.05) is 45.2 Å². The first-order chi connectivity index (χ1) is 8.95. The van der Waals surface area contributed by atoms with E-state index < -0.39 is 0 Å². The number of benzene rings is 1. The van der Waals surface area contributed by atoms with Gasteiger partial charge in [0.15, 0.2) is 0 Å². The van der Waals surface area contributed by atoms with Crippen molar-refractivity contribution in [2.24, 2.45) is 0 Å². The summed E-state index contributed by atoms with van der Waals surface area (Å²) in [4.78, 5) is 11.3. The van der Waals surface area contributed by atoms with Crippen LogP contribution in [0.4, 0.5) is 5.69 Å². The normalized spacial score (nSPS) is 11.6. The number of allylic oxidation sites excluding steroid dienone is 1. The van der Waals surface area contributed by atoms with Crippen LogP contribution >= 0.6 is 0 Å². The molecule has 3 heteroatoms. The topological polar surface area (TPSA) is 38.3 Å². The molecule has 1 rings (SSSR count). The fourth-order valence-corrected chi connectivity index (χ4v) is 1.54. The second-order valence-electron chi connectivity index (χ2n) is 4.59. The maximum absolute atomic E-state index is 11.3. The Morgan fingerprint density at radius 3 is 2.26 bits per heavy atom. The summed E-state index contributed by atoms with van der Waals surface area (Å²) >= 11 is 0. The van der Waals surface area contributed by atoms with Gasteiger partial charge in [-0.25, -0.2) is 4.79 Å². The third-order valence-electron chi connectivity index (χ3n) is 3.01. The van der Waals surface area contributed by atoms with Gasteiger partial charge in [-0.3, -0.25) is 0 Å². The molecule has 0 saturated heterocycles. The zero-order chi connectivity index (χ0) is 14.4. The van der Waals surface area contributed by atoms with Crippen molar-refractivity contribution in [1.29, 1.82) is 0 Å². The number of hydrogen-bond acceptors (Lipinski definition) is 3. The molecule has 0 fully saturated rings. The molecule has 0 saturated carbocycles. The molecule has 0 aromatic heterocycles. The first kappa shape index (κ1) is 15.0. The van der Waals surface area contributed by atoms with Crippen molar-refractivity contribution in [3.63, 3.8) is 0 Å². The molecule has 0 amide bonds. The molecule has 0 unspecified atom stereocenters. The Kier molecular flexibility index (Phi) is 5.37. The van der Waals surface area contributed by atoms with Gasteiger partial charge in [0.1, 0.15) is 6.61 Å². The van der Waals surface area contributed by atoms with Gasteiger partial charge in [0.25, 0.3) is 0 Å². The lowest BCUT2D eigenvalue weighted by atomic mass is 10.0.